The van der Waals surface area contributed by atoms with Crippen LogP contribution in [0.2, 0.25) is 5.02 Å². The highest BCUT2D eigenvalue weighted by Gasteiger charge is 2.01. The van der Waals surface area contributed by atoms with Crippen molar-refractivity contribution >= 4 is 29.1 Å². The number of benzene rings is 1. The van der Waals surface area contributed by atoms with Crippen molar-refractivity contribution in [3.63, 3.8) is 0 Å². The first-order valence-electron chi connectivity index (χ1n) is 4.70. The van der Waals surface area contributed by atoms with Crippen LogP contribution in [-0.4, -0.2) is 18.6 Å². The second-order valence-electron chi connectivity index (χ2n) is 3.07. The third-order valence-corrected chi connectivity index (χ3v) is 2.87. The predicted molar refractivity (Wildman–Crippen MR) is 67.7 cm³/mol. The second kappa shape index (κ2) is 6.60. The number of anilines is 1. The summed E-state index contributed by atoms with van der Waals surface area (Å²) in [6, 6.07) is 7.39. The Labute approximate surface area is 99.6 Å². The molecule has 0 amide bonds. The van der Waals surface area contributed by atoms with Gasteiger partial charge in [0.25, 0.3) is 0 Å². The molecule has 4 heteroatoms. The summed E-state index contributed by atoms with van der Waals surface area (Å²) in [4.78, 5) is 0. The Morgan fingerprint density at radius 1 is 1.53 bits per heavy atom. The third-order valence-electron chi connectivity index (χ3n) is 1.94. The van der Waals surface area contributed by atoms with E-state index >= 15 is 0 Å². The molecule has 0 fully saturated rings. The molecule has 0 unspecified atom stereocenters. The van der Waals surface area contributed by atoms with E-state index in [1.54, 1.807) is 18.2 Å². The zero-order valence-electron chi connectivity index (χ0n) is 8.59. The SMILES string of the molecule is CSCCCNc1cc(Cl)ccc1C#N. The number of nitriles is 1. The predicted octanol–water partition coefficient (Wildman–Crippen LogP) is 3.38. The van der Waals surface area contributed by atoms with Crippen LogP contribution in [0.1, 0.15) is 12.0 Å². The summed E-state index contributed by atoms with van der Waals surface area (Å²) in [6.45, 7) is 0.871. The number of thioether (sulfide) groups is 1. The normalized spacial score (nSPS) is 9.67. The van der Waals surface area contributed by atoms with Crippen LogP contribution in [0.3, 0.4) is 0 Å². The lowest BCUT2D eigenvalue weighted by Gasteiger charge is -2.07. The van der Waals surface area contributed by atoms with E-state index in [9.17, 15) is 0 Å². The fraction of sp³-hybridized carbons (Fsp3) is 0.364. The molecule has 0 bridgehead atoms. The second-order valence-corrected chi connectivity index (χ2v) is 4.50. The van der Waals surface area contributed by atoms with Gasteiger partial charge in [0, 0.05) is 11.6 Å². The lowest BCUT2D eigenvalue weighted by Crippen LogP contribution is -2.04. The molecule has 0 saturated heterocycles. The molecule has 1 rings (SSSR count). The summed E-state index contributed by atoms with van der Waals surface area (Å²) in [5.74, 6) is 1.12. The first-order chi connectivity index (χ1) is 7.27. The van der Waals surface area contributed by atoms with Crippen molar-refractivity contribution in [1.82, 2.24) is 0 Å². The van der Waals surface area contributed by atoms with Crippen LogP contribution in [0.25, 0.3) is 0 Å². The van der Waals surface area contributed by atoms with E-state index in [-0.39, 0.29) is 0 Å². The maximum Gasteiger partial charge on any atom is 0.101 e. The zero-order valence-corrected chi connectivity index (χ0v) is 10.2. The molecule has 0 aliphatic rings. The van der Waals surface area contributed by atoms with E-state index in [1.807, 2.05) is 11.8 Å². The smallest absolute Gasteiger partial charge is 0.101 e. The Kier molecular flexibility index (Phi) is 5.38. The topological polar surface area (TPSA) is 35.8 Å². The largest absolute Gasteiger partial charge is 0.384 e. The molecular formula is C11H13ClN2S. The molecule has 15 heavy (non-hydrogen) atoms. The summed E-state index contributed by atoms with van der Waals surface area (Å²) < 4.78 is 0. The lowest BCUT2D eigenvalue weighted by atomic mass is 10.2. The van der Waals surface area contributed by atoms with Crippen molar-refractivity contribution in [2.24, 2.45) is 0 Å². The molecule has 0 saturated carbocycles. The summed E-state index contributed by atoms with van der Waals surface area (Å²) in [5.41, 5.74) is 1.47. The molecule has 0 spiro atoms. The van der Waals surface area contributed by atoms with Gasteiger partial charge in [0.15, 0.2) is 0 Å². The van der Waals surface area contributed by atoms with Crippen molar-refractivity contribution in [3.05, 3.63) is 28.8 Å². The van der Waals surface area contributed by atoms with Crippen molar-refractivity contribution in [1.29, 1.82) is 5.26 Å². The number of nitrogens with one attached hydrogen (secondary N) is 1. The minimum Gasteiger partial charge on any atom is -0.384 e. The third kappa shape index (κ3) is 4.03. The van der Waals surface area contributed by atoms with E-state index in [0.29, 0.717) is 10.6 Å². The van der Waals surface area contributed by atoms with Crippen LogP contribution in [0.15, 0.2) is 18.2 Å². The summed E-state index contributed by atoms with van der Waals surface area (Å²) in [6.07, 6.45) is 3.17. The molecule has 0 aliphatic carbocycles. The standard InChI is InChI=1S/C11H13ClN2S/c1-15-6-2-5-14-11-7-10(12)4-3-9(11)8-13/h3-4,7,14H,2,5-6H2,1H3. The molecule has 0 heterocycles. The molecule has 0 radical (unpaired) electrons. The summed E-state index contributed by atoms with van der Waals surface area (Å²) in [7, 11) is 0. The van der Waals surface area contributed by atoms with Crippen molar-refractivity contribution < 1.29 is 0 Å². The number of nitrogens with zero attached hydrogens (tertiary/aromatic N) is 1. The number of hydrogen-bond acceptors (Lipinski definition) is 3. The van der Waals surface area contributed by atoms with Crippen LogP contribution in [0, 0.1) is 11.3 Å². The monoisotopic (exact) mass is 240 g/mol. The van der Waals surface area contributed by atoms with Gasteiger partial charge < -0.3 is 5.32 Å². The van der Waals surface area contributed by atoms with Gasteiger partial charge in [0.1, 0.15) is 6.07 Å². The molecule has 2 nitrogen and oxygen atoms in total. The zero-order chi connectivity index (χ0) is 11.1. The van der Waals surface area contributed by atoms with E-state index < -0.39 is 0 Å². The Bertz CT molecular complexity index is 360. The highest BCUT2D eigenvalue weighted by Crippen LogP contribution is 2.20. The Morgan fingerprint density at radius 3 is 3.00 bits per heavy atom. The van der Waals surface area contributed by atoms with Crippen LogP contribution >= 0.6 is 23.4 Å². The minimum absolute atomic E-state index is 0.642. The van der Waals surface area contributed by atoms with E-state index in [1.165, 1.54) is 0 Å². The maximum absolute atomic E-state index is 8.87. The van der Waals surface area contributed by atoms with Crippen molar-refractivity contribution in [2.75, 3.05) is 23.9 Å². The Hall–Kier alpha value is -0.850. The minimum atomic E-state index is 0.642. The maximum atomic E-state index is 8.87. The van der Waals surface area contributed by atoms with E-state index in [4.69, 9.17) is 16.9 Å². The lowest BCUT2D eigenvalue weighted by molar-refractivity contribution is 0.992. The van der Waals surface area contributed by atoms with E-state index in [0.717, 1.165) is 24.4 Å². The first-order valence-corrected chi connectivity index (χ1v) is 6.47. The van der Waals surface area contributed by atoms with Gasteiger partial charge in [-0.3, -0.25) is 0 Å². The Morgan fingerprint density at radius 2 is 2.33 bits per heavy atom. The van der Waals surface area contributed by atoms with Crippen molar-refractivity contribution in [3.8, 4) is 6.07 Å². The fourth-order valence-electron chi connectivity index (χ4n) is 1.20. The fourth-order valence-corrected chi connectivity index (χ4v) is 1.80. The van der Waals surface area contributed by atoms with Gasteiger partial charge >= 0.3 is 0 Å². The quantitative estimate of drug-likeness (QED) is 0.802. The van der Waals surface area contributed by atoms with Gasteiger partial charge in [0.05, 0.1) is 11.3 Å². The molecule has 80 valence electrons. The molecule has 0 atom stereocenters. The highest BCUT2D eigenvalue weighted by molar-refractivity contribution is 7.98. The number of rotatable bonds is 5. The first kappa shape index (κ1) is 12.2. The van der Waals surface area contributed by atoms with Gasteiger partial charge in [-0.15, -0.1) is 0 Å². The molecule has 1 aromatic rings. The Balaban J connectivity index is 2.59. The van der Waals surface area contributed by atoms with E-state index in [2.05, 4.69) is 17.6 Å². The van der Waals surface area contributed by atoms with Crippen LogP contribution in [0.4, 0.5) is 5.69 Å². The summed E-state index contributed by atoms with van der Waals surface area (Å²) in [5, 5.41) is 12.7. The van der Waals surface area contributed by atoms with Crippen LogP contribution < -0.4 is 5.32 Å². The number of hydrogen-bond donors (Lipinski definition) is 1. The van der Waals surface area contributed by atoms with Crippen LogP contribution in [-0.2, 0) is 0 Å². The van der Waals surface area contributed by atoms with Crippen molar-refractivity contribution in [2.45, 2.75) is 6.42 Å². The molecule has 1 N–H and O–H groups in total. The van der Waals surface area contributed by atoms with Crippen LogP contribution in [0.5, 0.6) is 0 Å². The molecule has 0 aromatic heterocycles. The van der Waals surface area contributed by atoms with Gasteiger partial charge in [-0.2, -0.15) is 17.0 Å². The average molecular weight is 241 g/mol. The summed E-state index contributed by atoms with van der Waals surface area (Å²) >= 11 is 7.68. The molecule has 0 aliphatic heterocycles. The van der Waals surface area contributed by atoms with Gasteiger partial charge in [-0.1, -0.05) is 11.6 Å². The average Bonchev–Trinajstić information content (AvgIpc) is 2.25. The molecular weight excluding hydrogens is 228 g/mol. The van der Waals surface area contributed by atoms with Gasteiger partial charge in [0.2, 0.25) is 0 Å². The number of halogens is 1. The molecule has 1 aromatic carbocycles. The van der Waals surface area contributed by atoms with Gasteiger partial charge in [-0.05, 0) is 36.6 Å². The highest BCUT2D eigenvalue weighted by atomic mass is 35.5. The van der Waals surface area contributed by atoms with Gasteiger partial charge in [-0.25, -0.2) is 0 Å².